The van der Waals surface area contributed by atoms with Gasteiger partial charge in [-0.15, -0.1) is 0 Å². The van der Waals surface area contributed by atoms with Crippen molar-refractivity contribution in [3.8, 4) is 11.8 Å². The first-order valence-electron chi connectivity index (χ1n) is 6.68. The molecule has 0 unspecified atom stereocenters. The van der Waals surface area contributed by atoms with E-state index in [0.717, 1.165) is 30.8 Å². The minimum Gasteiger partial charge on any atom is -0.493 e. The maximum atomic E-state index is 12.0. The number of ether oxygens (including phenoxy) is 1. The lowest BCUT2D eigenvalue weighted by molar-refractivity contribution is -0.131. The Labute approximate surface area is 112 Å². The highest BCUT2D eigenvalue weighted by Crippen LogP contribution is 2.40. The molecule has 1 heterocycles. The van der Waals surface area contributed by atoms with Gasteiger partial charge in [-0.05, 0) is 36.5 Å². The topological polar surface area (TPSA) is 62.1 Å². The first-order valence-corrected chi connectivity index (χ1v) is 6.68. The highest BCUT2D eigenvalue weighted by atomic mass is 16.5. The van der Waals surface area contributed by atoms with Crippen LogP contribution in [0.3, 0.4) is 0 Å². The molecule has 3 rings (SSSR count). The smallest absolute Gasteiger partial charge is 0.240 e. The monoisotopic (exact) mass is 256 g/mol. The standard InChI is InChI=1S/C15H16N2O2/c16-10-15(5-1-6-15)14(18)17-9-11-2-3-13-12(8-11)4-7-19-13/h2-3,8H,1,4-7,9H2,(H,17,18). The van der Waals surface area contributed by atoms with Crippen LogP contribution in [0.15, 0.2) is 18.2 Å². The second kappa shape index (κ2) is 4.58. The van der Waals surface area contributed by atoms with Gasteiger partial charge in [0.15, 0.2) is 0 Å². The molecule has 0 radical (unpaired) electrons. The molecule has 2 aliphatic rings. The van der Waals surface area contributed by atoms with E-state index in [1.54, 1.807) is 0 Å². The molecule has 0 spiro atoms. The average molecular weight is 256 g/mol. The molecular weight excluding hydrogens is 240 g/mol. The number of amides is 1. The van der Waals surface area contributed by atoms with Crippen molar-refractivity contribution >= 4 is 5.91 Å². The zero-order valence-corrected chi connectivity index (χ0v) is 10.7. The van der Waals surface area contributed by atoms with Crippen LogP contribution < -0.4 is 10.1 Å². The van der Waals surface area contributed by atoms with E-state index in [2.05, 4.69) is 17.5 Å². The fraction of sp³-hybridized carbons (Fsp3) is 0.467. The Bertz CT molecular complexity index is 556. The maximum absolute atomic E-state index is 12.0. The third-order valence-electron chi connectivity index (χ3n) is 4.06. The number of nitriles is 1. The summed E-state index contributed by atoms with van der Waals surface area (Å²) in [6, 6.07) is 8.15. The van der Waals surface area contributed by atoms with Crippen LogP contribution in [0.25, 0.3) is 0 Å². The van der Waals surface area contributed by atoms with E-state index in [1.165, 1.54) is 5.56 Å². The molecule has 1 aliphatic heterocycles. The molecule has 1 aliphatic carbocycles. The molecule has 0 saturated heterocycles. The van der Waals surface area contributed by atoms with E-state index >= 15 is 0 Å². The average Bonchev–Trinajstić information content (AvgIpc) is 2.83. The number of benzene rings is 1. The summed E-state index contributed by atoms with van der Waals surface area (Å²) in [5.41, 5.74) is 1.50. The van der Waals surface area contributed by atoms with Gasteiger partial charge in [-0.2, -0.15) is 5.26 Å². The van der Waals surface area contributed by atoms with Crippen molar-refractivity contribution in [2.24, 2.45) is 5.41 Å². The quantitative estimate of drug-likeness (QED) is 0.898. The van der Waals surface area contributed by atoms with Crippen molar-refractivity contribution in [1.82, 2.24) is 5.32 Å². The molecule has 1 aromatic rings. The molecule has 0 aromatic heterocycles. The Morgan fingerprint density at radius 2 is 2.32 bits per heavy atom. The Morgan fingerprint density at radius 1 is 1.47 bits per heavy atom. The van der Waals surface area contributed by atoms with Gasteiger partial charge in [0.2, 0.25) is 5.91 Å². The van der Waals surface area contributed by atoms with E-state index in [-0.39, 0.29) is 5.91 Å². The predicted molar refractivity (Wildman–Crippen MR) is 69.4 cm³/mol. The first kappa shape index (κ1) is 12.0. The number of rotatable bonds is 3. The van der Waals surface area contributed by atoms with Gasteiger partial charge in [0.1, 0.15) is 11.2 Å². The Balaban J connectivity index is 1.64. The molecule has 0 bridgehead atoms. The lowest BCUT2D eigenvalue weighted by atomic mass is 9.69. The number of carbonyl (C=O) groups excluding carboxylic acids is 1. The molecular formula is C15H16N2O2. The van der Waals surface area contributed by atoms with Crippen molar-refractivity contribution in [2.45, 2.75) is 32.2 Å². The summed E-state index contributed by atoms with van der Waals surface area (Å²) >= 11 is 0. The van der Waals surface area contributed by atoms with Gasteiger partial charge in [0.25, 0.3) is 0 Å². The van der Waals surface area contributed by atoms with Crippen LogP contribution in [0.5, 0.6) is 5.75 Å². The normalized spacial score (nSPS) is 18.7. The number of fused-ring (bicyclic) bond motifs is 1. The molecule has 19 heavy (non-hydrogen) atoms. The molecule has 1 amide bonds. The van der Waals surface area contributed by atoms with Crippen LogP contribution in [0.2, 0.25) is 0 Å². The summed E-state index contributed by atoms with van der Waals surface area (Å²) in [7, 11) is 0. The van der Waals surface area contributed by atoms with Gasteiger partial charge in [0, 0.05) is 13.0 Å². The van der Waals surface area contributed by atoms with Crippen LogP contribution in [-0.4, -0.2) is 12.5 Å². The summed E-state index contributed by atoms with van der Waals surface area (Å²) in [6.07, 6.45) is 3.27. The Morgan fingerprint density at radius 3 is 3.00 bits per heavy atom. The Hall–Kier alpha value is -2.02. The van der Waals surface area contributed by atoms with Gasteiger partial charge >= 0.3 is 0 Å². The van der Waals surface area contributed by atoms with E-state index in [1.807, 2.05) is 12.1 Å². The summed E-state index contributed by atoms with van der Waals surface area (Å²) < 4.78 is 5.45. The molecule has 1 fully saturated rings. The number of carbonyl (C=O) groups is 1. The summed E-state index contributed by atoms with van der Waals surface area (Å²) in [6.45, 7) is 1.22. The number of hydrogen-bond donors (Lipinski definition) is 1. The summed E-state index contributed by atoms with van der Waals surface area (Å²) in [4.78, 5) is 12.0. The van der Waals surface area contributed by atoms with Crippen LogP contribution >= 0.6 is 0 Å². The van der Waals surface area contributed by atoms with Crippen LogP contribution in [0.4, 0.5) is 0 Å². The number of nitrogens with one attached hydrogen (secondary N) is 1. The third kappa shape index (κ3) is 2.06. The minimum absolute atomic E-state index is 0.127. The molecule has 1 N–H and O–H groups in total. The first-order chi connectivity index (χ1) is 9.23. The van der Waals surface area contributed by atoms with Gasteiger partial charge < -0.3 is 10.1 Å². The van der Waals surface area contributed by atoms with Gasteiger partial charge in [-0.25, -0.2) is 0 Å². The predicted octanol–water partition coefficient (Wildman–Crippen LogP) is 1.93. The van der Waals surface area contributed by atoms with Crippen molar-refractivity contribution in [3.05, 3.63) is 29.3 Å². The highest BCUT2D eigenvalue weighted by Gasteiger charge is 2.44. The van der Waals surface area contributed by atoms with Crippen molar-refractivity contribution in [1.29, 1.82) is 5.26 Å². The van der Waals surface area contributed by atoms with Crippen LogP contribution in [0, 0.1) is 16.7 Å². The third-order valence-corrected chi connectivity index (χ3v) is 4.06. The zero-order chi connectivity index (χ0) is 13.3. The minimum atomic E-state index is -0.764. The molecule has 4 nitrogen and oxygen atoms in total. The van der Waals surface area contributed by atoms with Crippen molar-refractivity contribution in [3.63, 3.8) is 0 Å². The van der Waals surface area contributed by atoms with Crippen molar-refractivity contribution in [2.75, 3.05) is 6.61 Å². The fourth-order valence-corrected chi connectivity index (χ4v) is 2.62. The maximum Gasteiger partial charge on any atom is 0.240 e. The highest BCUT2D eigenvalue weighted by molar-refractivity contribution is 5.86. The van der Waals surface area contributed by atoms with E-state index in [4.69, 9.17) is 10.00 Å². The Kier molecular flexibility index (Phi) is 2.90. The van der Waals surface area contributed by atoms with Gasteiger partial charge in [-0.3, -0.25) is 4.79 Å². The number of nitrogens with zero attached hydrogens (tertiary/aromatic N) is 1. The van der Waals surface area contributed by atoms with E-state index < -0.39 is 5.41 Å². The van der Waals surface area contributed by atoms with Crippen LogP contribution in [0.1, 0.15) is 30.4 Å². The summed E-state index contributed by atoms with van der Waals surface area (Å²) in [5, 5.41) is 12.0. The fourth-order valence-electron chi connectivity index (χ4n) is 2.62. The molecule has 98 valence electrons. The molecule has 1 aromatic carbocycles. The largest absolute Gasteiger partial charge is 0.493 e. The summed E-state index contributed by atoms with van der Waals surface area (Å²) in [5.74, 6) is 0.820. The molecule has 0 atom stereocenters. The van der Waals surface area contributed by atoms with Gasteiger partial charge in [0.05, 0.1) is 12.7 Å². The van der Waals surface area contributed by atoms with Crippen LogP contribution in [-0.2, 0) is 17.8 Å². The lowest BCUT2D eigenvalue weighted by Crippen LogP contribution is -2.44. The second-order valence-electron chi connectivity index (χ2n) is 5.27. The molecule has 4 heteroatoms. The second-order valence-corrected chi connectivity index (χ2v) is 5.27. The van der Waals surface area contributed by atoms with E-state index in [0.29, 0.717) is 19.4 Å². The number of hydrogen-bond acceptors (Lipinski definition) is 3. The van der Waals surface area contributed by atoms with E-state index in [9.17, 15) is 4.79 Å². The van der Waals surface area contributed by atoms with Crippen molar-refractivity contribution < 1.29 is 9.53 Å². The van der Waals surface area contributed by atoms with Gasteiger partial charge in [-0.1, -0.05) is 12.1 Å². The SMILES string of the molecule is N#CC1(C(=O)NCc2ccc3c(c2)CCO3)CCC1. The zero-order valence-electron chi connectivity index (χ0n) is 10.7. The molecule has 1 saturated carbocycles. The lowest BCUT2D eigenvalue weighted by Gasteiger charge is -2.33.